The van der Waals surface area contributed by atoms with Gasteiger partial charge < -0.3 is 99.4 Å². The van der Waals surface area contributed by atoms with Crippen molar-refractivity contribution in [3.8, 4) is 0 Å². The first kappa shape index (κ1) is 35.0. The molecular weight excluding hydrogens is 630 g/mol. The standard InChI is InChI=1S/C26H43NO19/c27-2-1-26(22(36)13(32)11(30)8(4-29)45-26)46-18-10-6-39-21(18)16(35)25(42-10)44-19-12(31)7(3-28)41-24(15(19)34)43-17-9-5-38-20(17)14(33)23(37)40-9/h7-25,28-37H,1-6,27H2/t7-,8-,9+,10+,11+,12-,13+,14+,15-,16+,17+,18+,19+,20+,21+,22-,23-,24+,25+,26+/m1/s1. The summed E-state index contributed by atoms with van der Waals surface area (Å²) >= 11 is 0. The molecule has 0 saturated carbocycles. The maximum absolute atomic E-state index is 11.2. The molecule has 0 radical (unpaired) electrons. The van der Waals surface area contributed by atoms with E-state index >= 15 is 0 Å². The van der Waals surface area contributed by atoms with Gasteiger partial charge in [-0.2, -0.15) is 0 Å². The summed E-state index contributed by atoms with van der Waals surface area (Å²) in [5, 5.41) is 105. The number of aliphatic hydroxyl groups excluding tert-OH is 10. The molecule has 0 unspecified atom stereocenters. The molecule has 6 fully saturated rings. The van der Waals surface area contributed by atoms with Crippen molar-refractivity contribution in [3.05, 3.63) is 0 Å². The van der Waals surface area contributed by atoms with Crippen molar-refractivity contribution in [1.29, 1.82) is 0 Å². The van der Waals surface area contributed by atoms with E-state index in [1.54, 1.807) is 0 Å². The van der Waals surface area contributed by atoms with E-state index in [2.05, 4.69) is 0 Å². The van der Waals surface area contributed by atoms with E-state index in [1.165, 1.54) is 0 Å². The van der Waals surface area contributed by atoms with Crippen LogP contribution in [0.1, 0.15) is 6.42 Å². The number of hydrogen-bond donors (Lipinski definition) is 11. The van der Waals surface area contributed by atoms with E-state index in [4.69, 9.17) is 48.4 Å². The van der Waals surface area contributed by atoms with Crippen molar-refractivity contribution in [3.63, 3.8) is 0 Å². The molecule has 0 aromatic carbocycles. The lowest BCUT2D eigenvalue weighted by Crippen LogP contribution is -2.69. The van der Waals surface area contributed by atoms with Crippen LogP contribution in [0.5, 0.6) is 0 Å². The van der Waals surface area contributed by atoms with E-state index in [1.807, 2.05) is 0 Å². The van der Waals surface area contributed by atoms with Gasteiger partial charge in [0.25, 0.3) is 0 Å². The summed E-state index contributed by atoms with van der Waals surface area (Å²) in [6, 6.07) is 0. The normalized spacial score (nSPS) is 55.5. The smallest absolute Gasteiger partial charge is 0.199 e. The Balaban J connectivity index is 1.15. The highest BCUT2D eigenvalue weighted by atomic mass is 16.8. The predicted molar refractivity (Wildman–Crippen MR) is 140 cm³/mol. The van der Waals surface area contributed by atoms with E-state index in [0.29, 0.717) is 0 Å². The molecular formula is C26H43NO19. The summed E-state index contributed by atoms with van der Waals surface area (Å²) in [5.41, 5.74) is 5.74. The van der Waals surface area contributed by atoms with Crippen molar-refractivity contribution < 1.29 is 93.7 Å². The summed E-state index contributed by atoms with van der Waals surface area (Å²) in [6.45, 7) is -1.72. The Hall–Kier alpha value is -0.800. The molecule has 0 aromatic heterocycles. The fourth-order valence-electron chi connectivity index (χ4n) is 6.92. The van der Waals surface area contributed by atoms with Gasteiger partial charge in [0.1, 0.15) is 97.7 Å². The van der Waals surface area contributed by atoms with E-state index in [9.17, 15) is 51.1 Å². The minimum absolute atomic E-state index is 0.0266. The Labute approximate surface area is 261 Å². The minimum Gasteiger partial charge on any atom is -0.394 e. The number of rotatable bonds is 10. The van der Waals surface area contributed by atoms with E-state index in [0.717, 1.165) is 0 Å². The number of aliphatic hydroxyl groups is 10. The lowest BCUT2D eigenvalue weighted by Gasteiger charge is -2.51. The minimum atomic E-state index is -2.03. The molecule has 4 bridgehead atoms. The molecule has 6 aliphatic rings. The van der Waals surface area contributed by atoms with Gasteiger partial charge in [-0.15, -0.1) is 0 Å². The van der Waals surface area contributed by atoms with Crippen molar-refractivity contribution in [2.45, 2.75) is 129 Å². The van der Waals surface area contributed by atoms with Gasteiger partial charge in [0, 0.05) is 6.42 Å². The Morgan fingerprint density at radius 1 is 0.630 bits per heavy atom. The van der Waals surface area contributed by atoms with Crippen LogP contribution in [-0.4, -0.2) is 206 Å². The van der Waals surface area contributed by atoms with Crippen LogP contribution in [0, 0.1) is 0 Å². The second-order valence-corrected chi connectivity index (χ2v) is 12.3. The average molecular weight is 674 g/mol. The lowest BCUT2D eigenvalue weighted by molar-refractivity contribution is -0.399. The molecule has 0 spiro atoms. The second kappa shape index (κ2) is 13.8. The number of fused-ring (bicyclic) bond motifs is 4. The Kier molecular flexibility index (Phi) is 10.5. The fourth-order valence-corrected chi connectivity index (χ4v) is 6.92. The molecule has 0 aromatic rings. The summed E-state index contributed by atoms with van der Waals surface area (Å²) in [4.78, 5) is 0. The van der Waals surface area contributed by atoms with Gasteiger partial charge in [0.2, 0.25) is 0 Å². The van der Waals surface area contributed by atoms with Crippen LogP contribution in [0.15, 0.2) is 0 Å². The zero-order chi connectivity index (χ0) is 33.1. The molecule has 20 atom stereocenters. The van der Waals surface area contributed by atoms with Gasteiger partial charge in [-0.05, 0) is 6.54 Å². The molecule has 266 valence electrons. The lowest BCUT2D eigenvalue weighted by atomic mass is 9.89. The van der Waals surface area contributed by atoms with Gasteiger partial charge in [-0.25, -0.2) is 0 Å². The summed E-state index contributed by atoms with van der Waals surface area (Å²) in [7, 11) is 0. The first-order chi connectivity index (χ1) is 21.9. The average Bonchev–Trinajstić information content (AvgIpc) is 3.52. The first-order valence-corrected chi connectivity index (χ1v) is 15.2. The van der Waals surface area contributed by atoms with Crippen molar-refractivity contribution in [2.24, 2.45) is 5.73 Å². The van der Waals surface area contributed by atoms with Crippen molar-refractivity contribution in [2.75, 3.05) is 33.0 Å². The van der Waals surface area contributed by atoms with Gasteiger partial charge in [0.15, 0.2) is 24.7 Å². The molecule has 20 heteroatoms. The fraction of sp³-hybridized carbons (Fsp3) is 1.00. The number of hydrogen-bond acceptors (Lipinski definition) is 20. The molecule has 20 nitrogen and oxygen atoms in total. The van der Waals surface area contributed by atoms with E-state index < -0.39 is 136 Å². The third-order valence-electron chi connectivity index (χ3n) is 9.42. The van der Waals surface area contributed by atoms with Crippen LogP contribution < -0.4 is 5.73 Å². The summed E-state index contributed by atoms with van der Waals surface area (Å²) in [6.07, 6.45) is -26.9. The van der Waals surface area contributed by atoms with Crippen LogP contribution in [0.3, 0.4) is 0 Å². The molecule has 0 aliphatic carbocycles. The Morgan fingerprint density at radius 2 is 1.24 bits per heavy atom. The molecule has 46 heavy (non-hydrogen) atoms. The molecule has 0 amide bonds. The van der Waals surface area contributed by atoms with Gasteiger partial charge in [-0.1, -0.05) is 0 Å². The Bertz CT molecular complexity index is 1030. The monoisotopic (exact) mass is 673 g/mol. The zero-order valence-electron chi connectivity index (χ0n) is 24.4. The zero-order valence-corrected chi connectivity index (χ0v) is 24.4. The highest BCUT2D eigenvalue weighted by Gasteiger charge is 2.61. The summed E-state index contributed by atoms with van der Waals surface area (Å²) < 4.78 is 51.5. The quantitative estimate of drug-likeness (QED) is 0.103. The first-order valence-electron chi connectivity index (χ1n) is 15.2. The van der Waals surface area contributed by atoms with Crippen molar-refractivity contribution >= 4 is 0 Å². The van der Waals surface area contributed by atoms with Crippen LogP contribution in [-0.2, 0) is 42.6 Å². The predicted octanol–water partition coefficient (Wildman–Crippen LogP) is -7.94. The van der Waals surface area contributed by atoms with Crippen LogP contribution in [0.4, 0.5) is 0 Å². The molecule has 6 saturated heterocycles. The third-order valence-corrected chi connectivity index (χ3v) is 9.42. The Morgan fingerprint density at radius 3 is 1.89 bits per heavy atom. The van der Waals surface area contributed by atoms with Gasteiger partial charge in [-0.3, -0.25) is 0 Å². The van der Waals surface area contributed by atoms with Crippen LogP contribution in [0.2, 0.25) is 0 Å². The van der Waals surface area contributed by atoms with Crippen molar-refractivity contribution in [1.82, 2.24) is 0 Å². The SMILES string of the molecule is NCC[C@@]1(O[C@@H]2[C@H]3OC[C@@H]2O[C@@H](O[C@@H]2[C@@H](O)[C@H](O[C@@H]4[C@H]5OC[C@@H]4O[C@@H](O)[C@H]5O)O[C@H](CO)[C@H]2O)[C@H]3O)O[C@H](CO)[C@H](O)[C@H](O)[C@H]1O. The number of ether oxygens (including phenoxy) is 9. The highest BCUT2D eigenvalue weighted by molar-refractivity contribution is 5.03. The number of nitrogens with two attached hydrogens (primary N) is 1. The maximum atomic E-state index is 11.2. The molecule has 12 N–H and O–H groups in total. The second-order valence-electron chi connectivity index (χ2n) is 12.3. The van der Waals surface area contributed by atoms with Gasteiger partial charge in [0.05, 0.1) is 26.4 Å². The van der Waals surface area contributed by atoms with Crippen LogP contribution >= 0.6 is 0 Å². The van der Waals surface area contributed by atoms with E-state index in [-0.39, 0.29) is 26.2 Å². The third kappa shape index (κ3) is 6.00. The largest absolute Gasteiger partial charge is 0.394 e. The highest BCUT2D eigenvalue weighted by Crippen LogP contribution is 2.42. The molecule has 6 heterocycles. The van der Waals surface area contributed by atoms with Crippen LogP contribution in [0.25, 0.3) is 0 Å². The summed E-state index contributed by atoms with van der Waals surface area (Å²) in [5.74, 6) is -2.03. The maximum Gasteiger partial charge on any atom is 0.199 e. The molecule has 6 rings (SSSR count). The molecule has 6 aliphatic heterocycles. The topological polar surface area (TPSA) is 311 Å². The van der Waals surface area contributed by atoms with Gasteiger partial charge >= 0.3 is 0 Å².